The van der Waals surface area contributed by atoms with Gasteiger partial charge < -0.3 is 4.98 Å². The highest BCUT2D eigenvalue weighted by Gasteiger charge is 2.24. The van der Waals surface area contributed by atoms with Crippen molar-refractivity contribution in [1.29, 1.82) is 10.5 Å². The summed E-state index contributed by atoms with van der Waals surface area (Å²) in [4.78, 5) is 3.05. The smallest absolute Gasteiger partial charge is 0.136 e. The number of nitrogens with zero attached hydrogens (tertiary/aromatic N) is 2. The number of hydrogen-bond acceptors (Lipinski definition) is 2. The Morgan fingerprint density at radius 3 is 2.79 bits per heavy atom. The molecule has 1 heterocycles. The molecule has 1 N–H and O–H groups in total. The summed E-state index contributed by atoms with van der Waals surface area (Å²) in [6.07, 6.45) is 3.23. The molecular weight excluding hydrogens is 174 g/mol. The Hall–Kier alpha value is -1.74. The Morgan fingerprint density at radius 1 is 1.36 bits per heavy atom. The summed E-state index contributed by atoms with van der Waals surface area (Å²) < 4.78 is 0. The van der Waals surface area contributed by atoms with E-state index < -0.39 is 0 Å². The summed E-state index contributed by atoms with van der Waals surface area (Å²) in [5.74, 6) is 0.409. The number of nitrogens with one attached hydrogen (secondary N) is 1. The molecule has 1 aliphatic rings. The summed E-state index contributed by atoms with van der Waals surface area (Å²) in [5.41, 5.74) is 3.17. The van der Waals surface area contributed by atoms with Crippen molar-refractivity contribution in [2.24, 2.45) is 0 Å². The molecule has 1 aromatic rings. The van der Waals surface area contributed by atoms with Crippen LogP contribution in [0, 0.1) is 22.7 Å². The van der Waals surface area contributed by atoms with Gasteiger partial charge in [0.25, 0.3) is 0 Å². The van der Waals surface area contributed by atoms with Gasteiger partial charge in [0.1, 0.15) is 17.8 Å². The fraction of sp³-hybridized carbons (Fsp3) is 0.455. The first-order chi connectivity index (χ1) is 6.77. The Kier molecular flexibility index (Phi) is 2.02. The van der Waals surface area contributed by atoms with E-state index in [2.05, 4.69) is 18.0 Å². The first-order valence-electron chi connectivity index (χ1n) is 4.83. The van der Waals surface area contributed by atoms with Gasteiger partial charge in [0.05, 0.1) is 5.56 Å². The molecule has 1 aliphatic carbocycles. The zero-order valence-corrected chi connectivity index (χ0v) is 8.09. The van der Waals surface area contributed by atoms with Crippen molar-refractivity contribution >= 4 is 0 Å². The van der Waals surface area contributed by atoms with Gasteiger partial charge >= 0.3 is 0 Å². The van der Waals surface area contributed by atoms with Gasteiger partial charge in [-0.3, -0.25) is 0 Å². The summed E-state index contributed by atoms with van der Waals surface area (Å²) in [6.45, 7) is 2.12. The number of nitriles is 2. The fourth-order valence-corrected chi connectivity index (χ4v) is 2.24. The molecule has 3 heteroatoms. The summed E-state index contributed by atoms with van der Waals surface area (Å²) >= 11 is 0. The van der Waals surface area contributed by atoms with Gasteiger partial charge in [-0.15, -0.1) is 0 Å². The van der Waals surface area contributed by atoms with Crippen LogP contribution in [0.5, 0.6) is 0 Å². The third kappa shape index (κ3) is 1.10. The van der Waals surface area contributed by atoms with Gasteiger partial charge in [-0.2, -0.15) is 10.5 Å². The molecule has 1 unspecified atom stereocenters. The number of rotatable bonds is 0. The standard InChI is InChI=1S/C11H11N3/c1-7-3-2-4-9-11(7)8(5-12)10(6-13)14-9/h7,14H,2-4H2,1H3. The van der Waals surface area contributed by atoms with Crippen molar-refractivity contribution in [1.82, 2.24) is 4.98 Å². The first-order valence-corrected chi connectivity index (χ1v) is 4.83. The number of aromatic nitrogens is 1. The lowest BCUT2D eigenvalue weighted by Gasteiger charge is -2.18. The molecule has 14 heavy (non-hydrogen) atoms. The van der Waals surface area contributed by atoms with Gasteiger partial charge in [0.2, 0.25) is 0 Å². The van der Waals surface area contributed by atoms with Crippen LogP contribution < -0.4 is 0 Å². The molecule has 0 spiro atoms. The Morgan fingerprint density at radius 2 is 2.14 bits per heavy atom. The Labute approximate surface area is 83.0 Å². The largest absolute Gasteiger partial charge is 0.349 e. The number of H-pyrrole nitrogens is 1. The molecule has 0 aliphatic heterocycles. The molecule has 1 aromatic heterocycles. The van der Waals surface area contributed by atoms with E-state index in [0.717, 1.165) is 30.5 Å². The van der Waals surface area contributed by atoms with Gasteiger partial charge in [-0.25, -0.2) is 0 Å². The molecule has 3 nitrogen and oxygen atoms in total. The molecular formula is C11H11N3. The number of aryl methyl sites for hydroxylation is 1. The van der Waals surface area contributed by atoms with E-state index in [1.54, 1.807) is 0 Å². The topological polar surface area (TPSA) is 63.4 Å². The molecule has 1 atom stereocenters. The van der Waals surface area contributed by atoms with Crippen molar-refractivity contribution < 1.29 is 0 Å². The molecule has 0 aromatic carbocycles. The second-order valence-electron chi connectivity index (χ2n) is 3.78. The molecule has 0 fully saturated rings. The monoisotopic (exact) mass is 185 g/mol. The molecule has 0 radical (unpaired) electrons. The minimum absolute atomic E-state index is 0.409. The maximum atomic E-state index is 8.99. The lowest BCUT2D eigenvalue weighted by molar-refractivity contribution is 0.585. The van der Waals surface area contributed by atoms with Gasteiger partial charge in [-0.05, 0) is 30.7 Å². The maximum Gasteiger partial charge on any atom is 0.136 e. The third-order valence-corrected chi connectivity index (χ3v) is 2.90. The van der Waals surface area contributed by atoms with E-state index in [1.807, 2.05) is 6.07 Å². The average Bonchev–Trinajstić information content (AvgIpc) is 2.56. The Balaban J connectivity index is 2.64. The van der Waals surface area contributed by atoms with Crippen LogP contribution in [-0.4, -0.2) is 4.98 Å². The minimum atomic E-state index is 0.409. The highest BCUT2D eigenvalue weighted by Crippen LogP contribution is 2.34. The quantitative estimate of drug-likeness (QED) is 0.673. The van der Waals surface area contributed by atoms with Crippen molar-refractivity contribution in [2.45, 2.75) is 32.1 Å². The van der Waals surface area contributed by atoms with Gasteiger partial charge in [0, 0.05) is 5.69 Å². The van der Waals surface area contributed by atoms with Crippen LogP contribution in [0.25, 0.3) is 0 Å². The van der Waals surface area contributed by atoms with Crippen molar-refractivity contribution in [3.8, 4) is 12.1 Å². The van der Waals surface area contributed by atoms with Crippen LogP contribution >= 0.6 is 0 Å². The predicted molar refractivity (Wildman–Crippen MR) is 51.6 cm³/mol. The molecule has 0 saturated heterocycles. The van der Waals surface area contributed by atoms with Gasteiger partial charge in [0.15, 0.2) is 0 Å². The van der Waals surface area contributed by atoms with E-state index in [0.29, 0.717) is 17.2 Å². The SMILES string of the molecule is CC1CCCc2[nH]c(C#N)c(C#N)c21. The maximum absolute atomic E-state index is 8.99. The third-order valence-electron chi connectivity index (χ3n) is 2.90. The highest BCUT2D eigenvalue weighted by molar-refractivity contribution is 5.52. The second kappa shape index (κ2) is 3.20. The second-order valence-corrected chi connectivity index (χ2v) is 3.78. The number of fused-ring (bicyclic) bond motifs is 1. The summed E-state index contributed by atoms with van der Waals surface area (Å²) in [6, 6.07) is 4.18. The van der Waals surface area contributed by atoms with Gasteiger partial charge in [-0.1, -0.05) is 6.92 Å². The van der Waals surface area contributed by atoms with E-state index in [9.17, 15) is 0 Å². The van der Waals surface area contributed by atoms with E-state index in [-0.39, 0.29) is 0 Å². The normalized spacial score (nSPS) is 19.5. The lowest BCUT2D eigenvalue weighted by atomic mass is 9.86. The van der Waals surface area contributed by atoms with Crippen LogP contribution in [0.2, 0.25) is 0 Å². The Bertz CT molecular complexity index is 442. The predicted octanol–water partition coefficient (Wildman–Crippen LogP) is 2.20. The van der Waals surface area contributed by atoms with Crippen molar-refractivity contribution in [3.05, 3.63) is 22.5 Å². The zero-order chi connectivity index (χ0) is 10.1. The first kappa shape index (κ1) is 8.84. The van der Waals surface area contributed by atoms with Crippen LogP contribution in [0.3, 0.4) is 0 Å². The van der Waals surface area contributed by atoms with E-state index in [4.69, 9.17) is 10.5 Å². The van der Waals surface area contributed by atoms with Crippen molar-refractivity contribution in [3.63, 3.8) is 0 Å². The van der Waals surface area contributed by atoms with E-state index in [1.165, 1.54) is 0 Å². The lowest BCUT2D eigenvalue weighted by Crippen LogP contribution is -2.06. The van der Waals surface area contributed by atoms with Crippen LogP contribution in [-0.2, 0) is 6.42 Å². The molecule has 0 saturated carbocycles. The fourth-order valence-electron chi connectivity index (χ4n) is 2.24. The number of aromatic amines is 1. The summed E-state index contributed by atoms with van der Waals surface area (Å²) in [5, 5.41) is 17.8. The molecule has 2 rings (SSSR count). The van der Waals surface area contributed by atoms with Crippen molar-refractivity contribution in [2.75, 3.05) is 0 Å². The van der Waals surface area contributed by atoms with Crippen LogP contribution in [0.4, 0.5) is 0 Å². The van der Waals surface area contributed by atoms with Crippen LogP contribution in [0.15, 0.2) is 0 Å². The molecule has 70 valence electrons. The summed E-state index contributed by atoms with van der Waals surface area (Å²) in [7, 11) is 0. The number of hydrogen-bond donors (Lipinski definition) is 1. The molecule has 0 amide bonds. The van der Waals surface area contributed by atoms with Crippen LogP contribution in [0.1, 0.15) is 48.2 Å². The van der Waals surface area contributed by atoms with E-state index >= 15 is 0 Å². The minimum Gasteiger partial charge on any atom is -0.349 e. The highest BCUT2D eigenvalue weighted by atomic mass is 14.7. The zero-order valence-electron chi connectivity index (χ0n) is 8.09. The molecule has 0 bridgehead atoms. The average molecular weight is 185 g/mol.